The number of likely N-dealkylation sites (tertiary alicyclic amines) is 1. The minimum atomic E-state index is -0.752. The summed E-state index contributed by atoms with van der Waals surface area (Å²) in [4.78, 5) is 13.4. The summed E-state index contributed by atoms with van der Waals surface area (Å²) >= 11 is 0. The van der Waals surface area contributed by atoms with Crippen molar-refractivity contribution >= 4 is 5.97 Å². The van der Waals surface area contributed by atoms with Crippen molar-refractivity contribution in [3.05, 3.63) is 29.8 Å². The number of nitrogens with zero attached hydrogens (tertiary/aromatic N) is 1. The summed E-state index contributed by atoms with van der Waals surface area (Å²) in [6.45, 7) is 1.29. The van der Waals surface area contributed by atoms with E-state index >= 15 is 0 Å². The number of carboxylic acids is 1. The van der Waals surface area contributed by atoms with E-state index in [9.17, 15) is 15.0 Å². The van der Waals surface area contributed by atoms with Crippen molar-refractivity contribution in [2.75, 3.05) is 6.54 Å². The van der Waals surface area contributed by atoms with Gasteiger partial charge in [-0.15, -0.1) is 0 Å². The monoisotopic (exact) mass is 263 g/mol. The maximum atomic E-state index is 11.4. The molecule has 0 aliphatic carbocycles. The number of hydrogen-bond donors (Lipinski definition) is 2. The topological polar surface area (TPSA) is 60.8 Å². The molecule has 4 heteroatoms. The van der Waals surface area contributed by atoms with E-state index in [1.165, 1.54) is 0 Å². The Morgan fingerprint density at radius 2 is 1.95 bits per heavy atom. The van der Waals surface area contributed by atoms with Gasteiger partial charge in [-0.3, -0.25) is 9.69 Å². The molecule has 19 heavy (non-hydrogen) atoms. The van der Waals surface area contributed by atoms with Crippen LogP contribution in [0.1, 0.15) is 37.7 Å². The zero-order valence-corrected chi connectivity index (χ0v) is 11.1. The predicted octanol–water partition coefficient (Wildman–Crippen LogP) is 2.61. The zero-order valence-electron chi connectivity index (χ0n) is 11.1. The Labute approximate surface area is 113 Å². The number of carboxylic acid groups (broad SMARTS) is 1. The fraction of sp³-hybridized carbons (Fsp3) is 0.533. The molecule has 0 amide bonds. The number of benzene rings is 1. The summed E-state index contributed by atoms with van der Waals surface area (Å²) in [6, 6.07) is 6.72. The Bertz CT molecular complexity index is 433. The highest BCUT2D eigenvalue weighted by Gasteiger charge is 2.26. The Morgan fingerprint density at radius 1 is 1.21 bits per heavy atom. The lowest BCUT2D eigenvalue weighted by atomic mass is 10.0. The molecule has 4 nitrogen and oxygen atoms in total. The number of rotatable bonds is 3. The molecule has 1 aromatic rings. The van der Waals surface area contributed by atoms with Crippen LogP contribution in [-0.2, 0) is 11.3 Å². The molecule has 0 bridgehead atoms. The highest BCUT2D eigenvalue weighted by molar-refractivity contribution is 5.73. The van der Waals surface area contributed by atoms with Gasteiger partial charge in [-0.05, 0) is 25.5 Å². The van der Waals surface area contributed by atoms with Gasteiger partial charge in [-0.25, -0.2) is 0 Å². The van der Waals surface area contributed by atoms with Crippen molar-refractivity contribution in [1.29, 1.82) is 0 Å². The molecule has 1 aromatic carbocycles. The summed E-state index contributed by atoms with van der Waals surface area (Å²) in [6.07, 6.45) is 4.96. The van der Waals surface area contributed by atoms with E-state index in [4.69, 9.17) is 0 Å². The molecular weight excluding hydrogens is 242 g/mol. The molecule has 1 heterocycles. The van der Waals surface area contributed by atoms with Gasteiger partial charge >= 0.3 is 5.97 Å². The minimum Gasteiger partial charge on any atom is -0.508 e. The highest BCUT2D eigenvalue weighted by atomic mass is 16.4. The maximum Gasteiger partial charge on any atom is 0.320 e. The van der Waals surface area contributed by atoms with E-state index in [0.717, 1.165) is 37.8 Å². The Balaban J connectivity index is 2.13. The second-order valence-electron chi connectivity index (χ2n) is 5.16. The SMILES string of the molecule is O=C(O)C1CCCCCCN1Cc1ccccc1O. The van der Waals surface area contributed by atoms with Crippen LogP contribution in [0.25, 0.3) is 0 Å². The molecule has 1 saturated heterocycles. The molecule has 104 valence electrons. The fourth-order valence-corrected chi connectivity index (χ4v) is 2.68. The van der Waals surface area contributed by atoms with Gasteiger partial charge < -0.3 is 10.2 Å². The van der Waals surface area contributed by atoms with Crippen LogP contribution in [-0.4, -0.2) is 33.7 Å². The fourth-order valence-electron chi connectivity index (χ4n) is 2.68. The minimum absolute atomic E-state index is 0.244. The van der Waals surface area contributed by atoms with Gasteiger partial charge in [0.05, 0.1) is 0 Å². The summed E-state index contributed by atoms with van der Waals surface area (Å²) in [5, 5.41) is 19.2. The molecule has 1 atom stereocenters. The van der Waals surface area contributed by atoms with Gasteiger partial charge in [-0.1, -0.05) is 37.5 Å². The molecule has 2 N–H and O–H groups in total. The first-order chi connectivity index (χ1) is 9.18. The smallest absolute Gasteiger partial charge is 0.320 e. The van der Waals surface area contributed by atoms with Crippen molar-refractivity contribution in [2.45, 2.75) is 44.7 Å². The first kappa shape index (κ1) is 13.9. The highest BCUT2D eigenvalue weighted by Crippen LogP contribution is 2.23. The van der Waals surface area contributed by atoms with E-state index in [1.54, 1.807) is 12.1 Å². The van der Waals surface area contributed by atoms with E-state index < -0.39 is 12.0 Å². The average molecular weight is 263 g/mol. The Kier molecular flexibility index (Phi) is 4.80. The van der Waals surface area contributed by atoms with Crippen LogP contribution in [0.2, 0.25) is 0 Å². The van der Waals surface area contributed by atoms with E-state index in [0.29, 0.717) is 13.0 Å². The third-order valence-electron chi connectivity index (χ3n) is 3.76. The number of carbonyl (C=O) groups is 1. The number of aliphatic carboxylic acids is 1. The van der Waals surface area contributed by atoms with Gasteiger partial charge in [0.15, 0.2) is 0 Å². The van der Waals surface area contributed by atoms with Crippen molar-refractivity contribution in [3.63, 3.8) is 0 Å². The number of hydrogen-bond acceptors (Lipinski definition) is 3. The maximum absolute atomic E-state index is 11.4. The third kappa shape index (κ3) is 3.70. The van der Waals surface area contributed by atoms with Crippen molar-refractivity contribution in [3.8, 4) is 5.75 Å². The first-order valence-corrected chi connectivity index (χ1v) is 6.92. The van der Waals surface area contributed by atoms with Crippen molar-refractivity contribution < 1.29 is 15.0 Å². The normalized spacial score (nSPS) is 21.6. The summed E-state index contributed by atoms with van der Waals surface area (Å²) < 4.78 is 0. The number of para-hydroxylation sites is 1. The third-order valence-corrected chi connectivity index (χ3v) is 3.76. The lowest BCUT2D eigenvalue weighted by molar-refractivity contribution is -0.144. The number of aromatic hydroxyl groups is 1. The van der Waals surface area contributed by atoms with Crippen molar-refractivity contribution in [2.24, 2.45) is 0 Å². The summed E-state index contributed by atoms with van der Waals surface area (Å²) in [5.41, 5.74) is 0.800. The molecule has 0 aromatic heterocycles. The largest absolute Gasteiger partial charge is 0.508 e. The van der Waals surface area contributed by atoms with E-state index in [1.807, 2.05) is 17.0 Å². The number of phenols is 1. The average Bonchev–Trinajstić information content (AvgIpc) is 2.34. The zero-order chi connectivity index (χ0) is 13.7. The number of phenolic OH excluding ortho intramolecular Hbond substituents is 1. The van der Waals surface area contributed by atoms with Crippen LogP contribution < -0.4 is 0 Å². The summed E-state index contributed by atoms with van der Waals surface area (Å²) in [5.74, 6) is -0.508. The van der Waals surface area contributed by atoms with Crippen LogP contribution in [0.5, 0.6) is 5.75 Å². The second kappa shape index (κ2) is 6.57. The Morgan fingerprint density at radius 3 is 2.68 bits per heavy atom. The molecule has 0 saturated carbocycles. The van der Waals surface area contributed by atoms with Crippen LogP contribution in [0, 0.1) is 0 Å². The van der Waals surface area contributed by atoms with Gasteiger partial charge in [0.2, 0.25) is 0 Å². The Hall–Kier alpha value is -1.55. The molecule has 1 aliphatic heterocycles. The van der Waals surface area contributed by atoms with Crippen LogP contribution in [0.3, 0.4) is 0 Å². The lowest BCUT2D eigenvalue weighted by Gasteiger charge is -2.30. The molecule has 1 unspecified atom stereocenters. The quantitative estimate of drug-likeness (QED) is 0.880. The lowest BCUT2D eigenvalue weighted by Crippen LogP contribution is -2.42. The predicted molar refractivity (Wildman–Crippen MR) is 73.0 cm³/mol. The molecule has 1 fully saturated rings. The first-order valence-electron chi connectivity index (χ1n) is 6.92. The van der Waals surface area contributed by atoms with Gasteiger partial charge in [0.1, 0.15) is 11.8 Å². The molecule has 0 spiro atoms. The second-order valence-corrected chi connectivity index (χ2v) is 5.16. The van der Waals surface area contributed by atoms with Crippen molar-refractivity contribution in [1.82, 2.24) is 4.90 Å². The van der Waals surface area contributed by atoms with Crippen LogP contribution >= 0.6 is 0 Å². The van der Waals surface area contributed by atoms with Gasteiger partial charge in [-0.2, -0.15) is 0 Å². The summed E-state index contributed by atoms with van der Waals surface area (Å²) in [7, 11) is 0. The van der Waals surface area contributed by atoms with E-state index in [2.05, 4.69) is 0 Å². The van der Waals surface area contributed by atoms with E-state index in [-0.39, 0.29) is 5.75 Å². The molecule has 2 rings (SSSR count). The molecule has 1 aliphatic rings. The molecule has 0 radical (unpaired) electrons. The van der Waals surface area contributed by atoms with Crippen LogP contribution in [0.4, 0.5) is 0 Å². The van der Waals surface area contributed by atoms with Crippen LogP contribution in [0.15, 0.2) is 24.3 Å². The van der Waals surface area contributed by atoms with Gasteiger partial charge in [0, 0.05) is 12.1 Å². The standard InChI is InChI=1S/C15H21NO3/c17-14-9-5-4-7-12(14)11-16-10-6-2-1-3-8-13(16)15(18)19/h4-5,7,9,13,17H,1-3,6,8,10-11H2,(H,18,19). The van der Waals surface area contributed by atoms with Gasteiger partial charge in [0.25, 0.3) is 0 Å². The molecular formula is C15H21NO3.